The highest BCUT2D eigenvalue weighted by atomic mass is 32.2. The van der Waals surface area contributed by atoms with Gasteiger partial charge in [0.05, 0.1) is 11.4 Å². The second kappa shape index (κ2) is 11.0. The summed E-state index contributed by atoms with van der Waals surface area (Å²) in [6.45, 7) is 7.78. The molecule has 1 amide bonds. The molecule has 2 aromatic carbocycles. The summed E-state index contributed by atoms with van der Waals surface area (Å²) in [6.07, 6.45) is -0.528. The number of thiazole rings is 1. The third-order valence-corrected chi connectivity index (χ3v) is 6.96. The molecule has 0 bridgehead atoms. The van der Waals surface area contributed by atoms with Crippen LogP contribution in [0.1, 0.15) is 43.6 Å². The van der Waals surface area contributed by atoms with Gasteiger partial charge >= 0.3 is 0 Å². The first kappa shape index (κ1) is 24.9. The van der Waals surface area contributed by atoms with Gasteiger partial charge in [-0.3, -0.25) is 4.79 Å². The number of hydrogen-bond donors (Lipinski definition) is 1. The summed E-state index contributed by atoms with van der Waals surface area (Å²) in [5.74, 6) is 0.245. The van der Waals surface area contributed by atoms with E-state index in [9.17, 15) is 9.18 Å². The predicted molar refractivity (Wildman–Crippen MR) is 137 cm³/mol. The van der Waals surface area contributed by atoms with Crippen molar-refractivity contribution in [1.82, 2.24) is 19.7 Å². The molecule has 0 aliphatic rings. The highest BCUT2D eigenvalue weighted by Gasteiger charge is 2.23. The fraction of sp³-hybridized carbons (Fsp3) is 0.280. The van der Waals surface area contributed by atoms with Gasteiger partial charge in [-0.05, 0) is 39.8 Å². The first-order valence-electron chi connectivity index (χ1n) is 11.1. The van der Waals surface area contributed by atoms with Crippen LogP contribution in [0.25, 0.3) is 11.3 Å². The molecule has 7 nitrogen and oxygen atoms in total. The Hall–Kier alpha value is -3.24. The van der Waals surface area contributed by atoms with Crippen molar-refractivity contribution in [1.29, 1.82) is 0 Å². The number of benzene rings is 2. The number of ether oxygens (including phenoxy) is 1. The van der Waals surface area contributed by atoms with Gasteiger partial charge in [-0.25, -0.2) is 9.37 Å². The molecule has 2 heterocycles. The lowest BCUT2D eigenvalue weighted by atomic mass is 10.1. The molecule has 0 saturated heterocycles. The summed E-state index contributed by atoms with van der Waals surface area (Å²) >= 11 is 2.73. The maximum Gasteiger partial charge on any atom is 0.236 e. The van der Waals surface area contributed by atoms with E-state index >= 15 is 0 Å². The first-order chi connectivity index (χ1) is 16.8. The van der Waals surface area contributed by atoms with Gasteiger partial charge in [-0.1, -0.05) is 54.2 Å². The zero-order chi connectivity index (χ0) is 24.9. The van der Waals surface area contributed by atoms with E-state index in [1.54, 1.807) is 25.1 Å². The van der Waals surface area contributed by atoms with Crippen LogP contribution in [0.4, 0.5) is 9.52 Å². The molecule has 182 valence electrons. The average Bonchev–Trinajstić information content (AvgIpc) is 3.43. The lowest BCUT2D eigenvalue weighted by Crippen LogP contribution is -2.16. The Kier molecular flexibility index (Phi) is 7.82. The molecule has 0 fully saturated rings. The van der Waals surface area contributed by atoms with Gasteiger partial charge in [0.2, 0.25) is 5.91 Å². The standard InChI is InChI=1S/C25H26FN5O2S2/c1-15(2)31-23(16(3)33-20-13-9-8-12-19(20)26)29-30-25(31)34-14-21(32)27-24-28-22(17(4)35-24)18-10-6-5-7-11-18/h5-13,15-16H,14H2,1-4H3,(H,27,28,32). The zero-order valence-electron chi connectivity index (χ0n) is 19.9. The lowest BCUT2D eigenvalue weighted by Gasteiger charge is -2.19. The minimum Gasteiger partial charge on any atom is -0.480 e. The van der Waals surface area contributed by atoms with Crippen molar-refractivity contribution in [3.05, 3.63) is 71.1 Å². The maximum atomic E-state index is 14.0. The van der Waals surface area contributed by atoms with Gasteiger partial charge in [0, 0.05) is 16.5 Å². The number of nitrogens with one attached hydrogen (secondary N) is 1. The summed E-state index contributed by atoms with van der Waals surface area (Å²) < 4.78 is 21.7. The van der Waals surface area contributed by atoms with Crippen LogP contribution < -0.4 is 10.1 Å². The van der Waals surface area contributed by atoms with E-state index < -0.39 is 11.9 Å². The number of nitrogens with zero attached hydrogens (tertiary/aromatic N) is 4. The Labute approximate surface area is 211 Å². The molecular formula is C25H26FN5O2S2. The SMILES string of the molecule is Cc1sc(NC(=O)CSc2nnc(C(C)Oc3ccccc3F)n2C(C)C)nc1-c1ccccc1. The third-order valence-electron chi connectivity index (χ3n) is 5.13. The first-order valence-corrected chi connectivity index (χ1v) is 12.9. The van der Waals surface area contributed by atoms with Crippen LogP contribution in [-0.4, -0.2) is 31.4 Å². The fourth-order valence-corrected chi connectivity index (χ4v) is 5.26. The fourth-order valence-electron chi connectivity index (χ4n) is 3.53. The minimum atomic E-state index is -0.528. The van der Waals surface area contributed by atoms with Gasteiger partial charge in [0.15, 0.2) is 33.8 Å². The lowest BCUT2D eigenvalue weighted by molar-refractivity contribution is -0.113. The summed E-state index contributed by atoms with van der Waals surface area (Å²) in [4.78, 5) is 18.3. The molecule has 2 aromatic heterocycles. The normalized spacial score (nSPS) is 12.1. The van der Waals surface area contributed by atoms with Crippen LogP contribution in [0.15, 0.2) is 59.8 Å². The number of amides is 1. The molecule has 0 aliphatic heterocycles. The number of thioether (sulfide) groups is 1. The number of aryl methyl sites for hydroxylation is 1. The second-order valence-electron chi connectivity index (χ2n) is 8.12. The molecule has 1 unspecified atom stereocenters. The Bertz CT molecular complexity index is 1310. The number of halogens is 1. The monoisotopic (exact) mass is 511 g/mol. The maximum absolute atomic E-state index is 14.0. The highest BCUT2D eigenvalue weighted by molar-refractivity contribution is 7.99. The highest BCUT2D eigenvalue weighted by Crippen LogP contribution is 2.31. The number of anilines is 1. The number of para-hydroxylation sites is 1. The van der Waals surface area contributed by atoms with Crippen LogP contribution in [0, 0.1) is 12.7 Å². The quantitative estimate of drug-likeness (QED) is 0.266. The van der Waals surface area contributed by atoms with Crippen LogP contribution in [0.2, 0.25) is 0 Å². The molecule has 0 radical (unpaired) electrons. The van der Waals surface area contributed by atoms with E-state index in [4.69, 9.17) is 4.74 Å². The summed E-state index contributed by atoms with van der Waals surface area (Å²) in [7, 11) is 0. The Balaban J connectivity index is 1.42. The van der Waals surface area contributed by atoms with Crippen LogP contribution >= 0.6 is 23.1 Å². The van der Waals surface area contributed by atoms with Gasteiger partial charge in [0.1, 0.15) is 0 Å². The molecule has 1 atom stereocenters. The van der Waals surface area contributed by atoms with E-state index in [1.807, 2.05) is 55.7 Å². The number of hydrogen-bond acceptors (Lipinski definition) is 7. The van der Waals surface area contributed by atoms with Crippen LogP contribution in [0.3, 0.4) is 0 Å². The molecule has 4 aromatic rings. The van der Waals surface area contributed by atoms with E-state index in [0.29, 0.717) is 16.1 Å². The van der Waals surface area contributed by atoms with Crippen LogP contribution in [-0.2, 0) is 4.79 Å². The molecule has 10 heteroatoms. The molecule has 4 rings (SSSR count). The topological polar surface area (TPSA) is 81.9 Å². The van der Waals surface area contributed by atoms with Crippen molar-refractivity contribution < 1.29 is 13.9 Å². The Morgan fingerprint density at radius 3 is 2.54 bits per heavy atom. The minimum absolute atomic E-state index is 0.0206. The smallest absolute Gasteiger partial charge is 0.236 e. The Morgan fingerprint density at radius 2 is 1.83 bits per heavy atom. The average molecular weight is 512 g/mol. The predicted octanol–water partition coefficient (Wildman–Crippen LogP) is 6.30. The van der Waals surface area contributed by atoms with E-state index in [-0.39, 0.29) is 23.5 Å². The van der Waals surface area contributed by atoms with Gasteiger partial charge in [0.25, 0.3) is 0 Å². The molecular weight excluding hydrogens is 485 g/mol. The van der Waals surface area contributed by atoms with Gasteiger partial charge in [-0.2, -0.15) is 0 Å². The number of rotatable bonds is 9. The van der Waals surface area contributed by atoms with E-state index in [2.05, 4.69) is 20.5 Å². The largest absolute Gasteiger partial charge is 0.480 e. The van der Waals surface area contributed by atoms with Crippen molar-refractivity contribution in [2.24, 2.45) is 0 Å². The Morgan fingerprint density at radius 1 is 1.11 bits per heavy atom. The molecule has 0 aliphatic carbocycles. The molecule has 0 spiro atoms. The van der Waals surface area contributed by atoms with E-state index in [1.165, 1.54) is 29.2 Å². The molecule has 35 heavy (non-hydrogen) atoms. The second-order valence-corrected chi connectivity index (χ2v) is 10.3. The van der Waals surface area contributed by atoms with E-state index in [0.717, 1.165) is 16.1 Å². The molecule has 0 saturated carbocycles. The zero-order valence-corrected chi connectivity index (χ0v) is 21.5. The van der Waals surface area contributed by atoms with Crippen molar-refractivity contribution in [2.75, 3.05) is 11.1 Å². The van der Waals surface area contributed by atoms with Crippen LogP contribution in [0.5, 0.6) is 5.75 Å². The number of aromatic nitrogens is 4. The van der Waals surface area contributed by atoms with Crippen molar-refractivity contribution in [3.63, 3.8) is 0 Å². The van der Waals surface area contributed by atoms with Crippen molar-refractivity contribution in [3.8, 4) is 17.0 Å². The third kappa shape index (κ3) is 5.88. The molecule has 1 N–H and O–H groups in total. The van der Waals surface area contributed by atoms with Crippen molar-refractivity contribution >= 4 is 34.1 Å². The number of carbonyl (C=O) groups excluding carboxylic acids is 1. The van der Waals surface area contributed by atoms with Crippen molar-refractivity contribution in [2.45, 2.75) is 45.0 Å². The van der Waals surface area contributed by atoms with Gasteiger partial charge < -0.3 is 14.6 Å². The summed E-state index contributed by atoms with van der Waals surface area (Å²) in [5, 5.41) is 12.6. The number of carbonyl (C=O) groups is 1. The summed E-state index contributed by atoms with van der Waals surface area (Å²) in [5.41, 5.74) is 1.88. The summed E-state index contributed by atoms with van der Waals surface area (Å²) in [6, 6.07) is 16.1. The van der Waals surface area contributed by atoms with Gasteiger partial charge in [-0.15, -0.1) is 21.5 Å².